The van der Waals surface area contributed by atoms with Gasteiger partial charge in [0.1, 0.15) is 0 Å². The molecule has 314 valence electrons. The van der Waals surface area contributed by atoms with E-state index >= 15 is 0 Å². The van der Waals surface area contributed by atoms with Crippen LogP contribution in [0.1, 0.15) is 33.6 Å². The lowest BCUT2D eigenvalue weighted by atomic mass is 10.2. The molecule has 3 atom stereocenters. The van der Waals surface area contributed by atoms with E-state index in [-0.39, 0.29) is 25.4 Å². The van der Waals surface area contributed by atoms with E-state index in [1.165, 1.54) is 0 Å². The summed E-state index contributed by atoms with van der Waals surface area (Å²) in [5.41, 5.74) is -0.312. The summed E-state index contributed by atoms with van der Waals surface area (Å²) in [7, 11) is 4.37. The zero-order valence-corrected chi connectivity index (χ0v) is 35.8. The number of rotatable bonds is 38. The molecule has 0 aliphatic heterocycles. The Bertz CT molecular complexity index is 738. The fourth-order valence-electron chi connectivity index (χ4n) is 5.06. The van der Waals surface area contributed by atoms with Crippen molar-refractivity contribution in [3.05, 3.63) is 0 Å². The van der Waals surface area contributed by atoms with E-state index < -0.39 is 35.9 Å². The number of hydrogen-bond acceptors (Lipinski definition) is 17. The molecule has 0 fully saturated rings. The molecule has 0 aliphatic carbocycles. The second-order valence-electron chi connectivity index (χ2n) is 13.5. The Morgan fingerprint density at radius 1 is 0.538 bits per heavy atom. The number of hydrogen-bond donors (Lipinski definition) is 7. The molecule has 17 nitrogen and oxygen atoms in total. The minimum Gasteiger partial charge on any atom is -0.389 e. The summed E-state index contributed by atoms with van der Waals surface area (Å²) >= 11 is 0. The molecular formula is C33H77N5O12Si2. The SMILES string of the molecule is CO[Si](CCCOCC(O)CNCCNCCN(CCNCCNCC(O)COCCC[Si](OC)(OC)OC)CC(O)COC(C)(C)C)(OC)OC. The highest BCUT2D eigenvalue weighted by Gasteiger charge is 2.37. The smallest absolute Gasteiger partial charge is 0.389 e. The topological polar surface area (TPSA) is 195 Å². The summed E-state index contributed by atoms with van der Waals surface area (Å²) < 4.78 is 49.4. The first-order chi connectivity index (χ1) is 24.8. The molecule has 0 aromatic carbocycles. The second kappa shape index (κ2) is 31.9. The van der Waals surface area contributed by atoms with Crippen LogP contribution in [0.2, 0.25) is 12.1 Å². The van der Waals surface area contributed by atoms with Crippen LogP contribution in [0, 0.1) is 0 Å². The number of nitrogens with zero attached hydrogens (tertiary/aromatic N) is 1. The van der Waals surface area contributed by atoms with E-state index in [4.69, 9.17) is 40.8 Å². The molecule has 0 spiro atoms. The first-order valence-electron chi connectivity index (χ1n) is 18.5. The monoisotopic (exact) mass is 792 g/mol. The third-order valence-electron chi connectivity index (χ3n) is 8.13. The number of aliphatic hydroxyl groups excluding tert-OH is 3. The van der Waals surface area contributed by atoms with Gasteiger partial charge in [-0.05, 0) is 33.6 Å². The van der Waals surface area contributed by atoms with Crippen molar-refractivity contribution in [2.75, 3.05) is 148 Å². The highest BCUT2D eigenvalue weighted by Crippen LogP contribution is 2.16. The van der Waals surface area contributed by atoms with Gasteiger partial charge in [0.05, 0.1) is 43.7 Å². The van der Waals surface area contributed by atoms with Crippen LogP contribution in [0.5, 0.6) is 0 Å². The number of ether oxygens (including phenoxy) is 3. The minimum absolute atomic E-state index is 0.253. The summed E-state index contributed by atoms with van der Waals surface area (Å²) in [5, 5.41) is 44.4. The highest BCUT2D eigenvalue weighted by molar-refractivity contribution is 6.60. The lowest BCUT2D eigenvalue weighted by molar-refractivity contribution is -0.0559. The Morgan fingerprint density at radius 2 is 0.923 bits per heavy atom. The largest absolute Gasteiger partial charge is 0.500 e. The van der Waals surface area contributed by atoms with Crippen molar-refractivity contribution in [2.24, 2.45) is 0 Å². The predicted molar refractivity (Wildman–Crippen MR) is 206 cm³/mol. The van der Waals surface area contributed by atoms with E-state index in [0.29, 0.717) is 58.0 Å². The fourth-order valence-corrected chi connectivity index (χ4v) is 8.44. The van der Waals surface area contributed by atoms with E-state index in [9.17, 15) is 15.3 Å². The van der Waals surface area contributed by atoms with Crippen LogP contribution in [0.4, 0.5) is 0 Å². The summed E-state index contributed by atoms with van der Waals surface area (Å²) in [4.78, 5) is 2.22. The third kappa shape index (κ3) is 27.4. The number of aliphatic hydroxyl groups is 3. The zero-order chi connectivity index (χ0) is 39.1. The lowest BCUT2D eigenvalue weighted by Gasteiger charge is -2.27. The van der Waals surface area contributed by atoms with Crippen molar-refractivity contribution in [2.45, 2.75) is 69.6 Å². The van der Waals surface area contributed by atoms with Crippen molar-refractivity contribution in [1.29, 1.82) is 0 Å². The second-order valence-corrected chi connectivity index (χ2v) is 19.7. The molecule has 0 saturated carbocycles. The number of nitrogens with one attached hydrogen (secondary N) is 4. The van der Waals surface area contributed by atoms with Gasteiger partial charge < -0.3 is 77.4 Å². The maximum absolute atomic E-state index is 10.6. The molecule has 0 heterocycles. The van der Waals surface area contributed by atoms with Gasteiger partial charge in [-0.25, -0.2) is 0 Å². The summed E-state index contributed by atoms with van der Waals surface area (Å²) in [6.07, 6.45) is -0.335. The lowest BCUT2D eigenvalue weighted by Crippen LogP contribution is -2.44. The van der Waals surface area contributed by atoms with Crippen LogP contribution in [0.15, 0.2) is 0 Å². The first kappa shape index (κ1) is 51.8. The van der Waals surface area contributed by atoms with E-state index in [1.54, 1.807) is 42.7 Å². The van der Waals surface area contributed by atoms with E-state index in [2.05, 4.69) is 26.2 Å². The van der Waals surface area contributed by atoms with Crippen molar-refractivity contribution < 1.29 is 56.1 Å². The van der Waals surface area contributed by atoms with Crippen molar-refractivity contribution in [3.63, 3.8) is 0 Å². The van der Waals surface area contributed by atoms with Gasteiger partial charge in [0.25, 0.3) is 0 Å². The molecule has 19 heteroatoms. The molecule has 52 heavy (non-hydrogen) atoms. The van der Waals surface area contributed by atoms with Gasteiger partial charge in [-0.15, -0.1) is 0 Å². The van der Waals surface area contributed by atoms with Crippen LogP contribution in [0.25, 0.3) is 0 Å². The molecule has 0 aromatic rings. The standard InChI is InChI=1S/C33H77N5O12Si2/c1-33(2,3)50-29-32(41)26-38(18-16-34-12-14-36-24-30(39)27-48-20-10-22-51(42-4,43-5)44-6)19-17-35-13-15-37-25-31(40)28-49-21-11-23-52(45-7,46-8)47-9/h30-32,34-37,39-41H,10-29H2,1-9H3. The minimum atomic E-state index is -2.59. The van der Waals surface area contributed by atoms with Crippen LogP contribution in [-0.2, 0) is 40.8 Å². The van der Waals surface area contributed by atoms with Gasteiger partial charge in [-0.3, -0.25) is 4.90 Å². The van der Waals surface area contributed by atoms with Crippen molar-refractivity contribution >= 4 is 17.6 Å². The van der Waals surface area contributed by atoms with Gasteiger partial charge in [0, 0.05) is 140 Å². The molecule has 0 aromatic heterocycles. The first-order valence-corrected chi connectivity index (χ1v) is 22.4. The molecule has 0 saturated heterocycles. The molecule has 7 N–H and O–H groups in total. The Kier molecular flexibility index (Phi) is 31.8. The maximum atomic E-state index is 10.6. The van der Waals surface area contributed by atoms with E-state index in [0.717, 1.165) is 52.1 Å². The van der Waals surface area contributed by atoms with Gasteiger partial charge in [0.2, 0.25) is 0 Å². The fraction of sp³-hybridized carbons (Fsp3) is 1.00. The summed E-state index contributed by atoms with van der Waals surface area (Å²) in [5.74, 6) is 0. The van der Waals surface area contributed by atoms with Crippen LogP contribution < -0.4 is 21.3 Å². The van der Waals surface area contributed by atoms with Gasteiger partial charge >= 0.3 is 17.6 Å². The summed E-state index contributed by atoms with van der Waals surface area (Å²) in [6.45, 7) is 15.0. The predicted octanol–water partition coefficient (Wildman–Crippen LogP) is -0.886. The Labute approximate surface area is 316 Å². The molecule has 0 radical (unpaired) electrons. The summed E-state index contributed by atoms with van der Waals surface area (Å²) in [6, 6.07) is 1.31. The van der Waals surface area contributed by atoms with E-state index in [1.807, 2.05) is 20.8 Å². The average Bonchev–Trinajstić information content (AvgIpc) is 3.13. The van der Waals surface area contributed by atoms with Crippen molar-refractivity contribution in [1.82, 2.24) is 26.2 Å². The third-order valence-corrected chi connectivity index (χ3v) is 13.8. The van der Waals surface area contributed by atoms with Crippen LogP contribution in [-0.4, -0.2) is 209 Å². The van der Waals surface area contributed by atoms with Gasteiger partial charge in [-0.1, -0.05) is 0 Å². The maximum Gasteiger partial charge on any atom is 0.500 e. The quantitative estimate of drug-likeness (QED) is 0.0301. The molecule has 3 unspecified atom stereocenters. The van der Waals surface area contributed by atoms with Gasteiger partial charge in [-0.2, -0.15) is 0 Å². The molecule has 0 bridgehead atoms. The van der Waals surface area contributed by atoms with Gasteiger partial charge in [0.15, 0.2) is 0 Å². The molecular weight excluding hydrogens is 715 g/mol. The van der Waals surface area contributed by atoms with Crippen LogP contribution >= 0.6 is 0 Å². The van der Waals surface area contributed by atoms with Crippen LogP contribution in [0.3, 0.4) is 0 Å². The normalized spacial score (nSPS) is 14.7. The molecule has 0 amide bonds. The Hall–Kier alpha value is -0.246. The highest BCUT2D eigenvalue weighted by atomic mass is 28.4. The Balaban J connectivity index is 4.23. The average molecular weight is 792 g/mol. The zero-order valence-electron chi connectivity index (χ0n) is 33.8. The van der Waals surface area contributed by atoms with Crippen molar-refractivity contribution in [3.8, 4) is 0 Å². The molecule has 0 aliphatic rings. The molecule has 0 rings (SSSR count). The Morgan fingerprint density at radius 3 is 1.29 bits per heavy atom.